The first-order valence-electron chi connectivity index (χ1n) is 9.64. The van der Waals surface area contributed by atoms with E-state index in [4.69, 9.17) is 0 Å². The average molecular weight is 372 g/mol. The number of anilines is 1. The van der Waals surface area contributed by atoms with Crippen LogP contribution in [0.4, 0.5) is 19.3 Å². The summed E-state index contributed by atoms with van der Waals surface area (Å²) in [4.78, 5) is 14.0. The molecular formula is C22H26F2N2O. The van der Waals surface area contributed by atoms with Gasteiger partial charge in [0.15, 0.2) is 0 Å². The molecule has 3 rings (SSSR count). The number of benzene rings is 2. The van der Waals surface area contributed by atoms with E-state index in [0.717, 1.165) is 31.7 Å². The van der Waals surface area contributed by atoms with Crippen molar-refractivity contribution in [3.63, 3.8) is 0 Å². The first-order valence-corrected chi connectivity index (χ1v) is 9.64. The fourth-order valence-electron chi connectivity index (χ4n) is 3.79. The van der Waals surface area contributed by atoms with Gasteiger partial charge < -0.3 is 10.2 Å². The lowest BCUT2D eigenvalue weighted by Crippen LogP contribution is -2.30. The van der Waals surface area contributed by atoms with Crippen molar-refractivity contribution in [1.29, 1.82) is 0 Å². The molecule has 0 bridgehead atoms. The summed E-state index contributed by atoms with van der Waals surface area (Å²) in [5, 5.41) is 2.85. The molecule has 0 unspecified atom stereocenters. The van der Waals surface area contributed by atoms with Crippen molar-refractivity contribution in [2.75, 3.05) is 5.32 Å². The molecule has 0 saturated carbocycles. The predicted molar refractivity (Wildman–Crippen MR) is 104 cm³/mol. The lowest BCUT2D eigenvalue weighted by atomic mass is 9.90. The second kappa shape index (κ2) is 8.51. The second-order valence-corrected chi connectivity index (χ2v) is 7.21. The third kappa shape index (κ3) is 4.46. The van der Waals surface area contributed by atoms with E-state index in [0.29, 0.717) is 22.7 Å². The molecule has 0 aromatic heterocycles. The highest BCUT2D eigenvalue weighted by Crippen LogP contribution is 2.29. The van der Waals surface area contributed by atoms with Gasteiger partial charge in [0, 0.05) is 23.9 Å². The molecule has 27 heavy (non-hydrogen) atoms. The fourth-order valence-corrected chi connectivity index (χ4v) is 3.79. The lowest BCUT2D eigenvalue weighted by molar-refractivity contribution is 0.212. The summed E-state index contributed by atoms with van der Waals surface area (Å²) in [6.07, 6.45) is 4.62. The molecule has 144 valence electrons. The molecule has 0 aliphatic carbocycles. The zero-order valence-electron chi connectivity index (χ0n) is 15.9. The molecule has 0 radical (unpaired) electrons. The quantitative estimate of drug-likeness (QED) is 0.644. The van der Waals surface area contributed by atoms with Crippen LogP contribution in [0.2, 0.25) is 0 Å². The molecule has 0 saturated heterocycles. The molecule has 1 N–H and O–H groups in total. The van der Waals surface area contributed by atoms with Crippen LogP contribution in [0.25, 0.3) is 0 Å². The van der Waals surface area contributed by atoms with Crippen LogP contribution in [0.15, 0.2) is 36.4 Å². The van der Waals surface area contributed by atoms with Crippen LogP contribution in [-0.4, -0.2) is 10.9 Å². The molecule has 0 fully saturated rings. The van der Waals surface area contributed by atoms with E-state index in [-0.39, 0.29) is 19.1 Å². The number of hydrogen-bond acceptors (Lipinski definition) is 1. The van der Waals surface area contributed by atoms with Gasteiger partial charge in [-0.3, -0.25) is 0 Å². The number of urea groups is 1. The minimum absolute atomic E-state index is 0.153. The van der Waals surface area contributed by atoms with E-state index in [9.17, 15) is 13.6 Å². The minimum Gasteiger partial charge on any atom is -0.316 e. The van der Waals surface area contributed by atoms with Crippen molar-refractivity contribution in [2.24, 2.45) is 0 Å². The van der Waals surface area contributed by atoms with Gasteiger partial charge in [0.25, 0.3) is 0 Å². The molecule has 1 aliphatic rings. The molecule has 2 aromatic rings. The van der Waals surface area contributed by atoms with Crippen molar-refractivity contribution in [3.8, 4) is 0 Å². The number of nitrogens with zero attached hydrogens (tertiary/aromatic N) is 1. The van der Waals surface area contributed by atoms with Crippen molar-refractivity contribution < 1.29 is 13.6 Å². The Kier molecular flexibility index (Phi) is 6.09. The number of carbonyl (C=O) groups excluding carboxylic acids is 1. The predicted octanol–water partition coefficient (Wildman–Crippen LogP) is 6.20. The number of hydrogen-bond donors (Lipinski definition) is 1. The Labute approximate surface area is 159 Å². The smallest absolute Gasteiger partial charge is 0.316 e. The molecule has 3 nitrogen and oxygen atoms in total. The van der Waals surface area contributed by atoms with Crippen LogP contribution in [-0.2, 0) is 13.1 Å². The van der Waals surface area contributed by atoms with Gasteiger partial charge >= 0.3 is 6.03 Å². The van der Waals surface area contributed by atoms with E-state index < -0.39 is 11.6 Å². The third-order valence-electron chi connectivity index (χ3n) is 5.16. The highest BCUT2D eigenvalue weighted by molar-refractivity contribution is 5.89. The van der Waals surface area contributed by atoms with Gasteiger partial charge in [-0.2, -0.15) is 0 Å². The summed E-state index contributed by atoms with van der Waals surface area (Å²) in [5.74, 6) is -0.656. The summed E-state index contributed by atoms with van der Waals surface area (Å²) in [6.45, 7) is 4.75. The van der Waals surface area contributed by atoms with Gasteiger partial charge in [-0.05, 0) is 48.1 Å². The van der Waals surface area contributed by atoms with Crippen LogP contribution in [0.3, 0.4) is 0 Å². The second-order valence-electron chi connectivity index (χ2n) is 7.21. The van der Waals surface area contributed by atoms with Gasteiger partial charge in [0.2, 0.25) is 0 Å². The summed E-state index contributed by atoms with van der Waals surface area (Å²) in [6, 6.07) is 9.81. The Morgan fingerprint density at radius 3 is 2.37 bits per heavy atom. The van der Waals surface area contributed by atoms with E-state index in [2.05, 4.69) is 31.3 Å². The number of halogens is 2. The monoisotopic (exact) mass is 372 g/mol. The normalized spacial score (nSPS) is 13.1. The van der Waals surface area contributed by atoms with Gasteiger partial charge in [0.05, 0.1) is 6.54 Å². The van der Waals surface area contributed by atoms with Crippen molar-refractivity contribution in [2.45, 2.75) is 58.5 Å². The SMILES string of the molecule is CCCC(CCC)c1ccc(NC(=O)N2Cc3cc(F)cc(F)c3C2)cc1. The summed E-state index contributed by atoms with van der Waals surface area (Å²) >= 11 is 0. The van der Waals surface area contributed by atoms with Gasteiger partial charge in [-0.15, -0.1) is 0 Å². The largest absolute Gasteiger partial charge is 0.322 e. The maximum atomic E-state index is 13.9. The van der Waals surface area contributed by atoms with Crippen LogP contribution in [0.1, 0.15) is 62.1 Å². The first-order chi connectivity index (χ1) is 13.0. The Bertz CT molecular complexity index is 799. The fraction of sp³-hybridized carbons (Fsp3) is 0.409. The first kappa shape index (κ1) is 19.3. The average Bonchev–Trinajstić information content (AvgIpc) is 3.07. The zero-order valence-corrected chi connectivity index (χ0v) is 15.9. The molecule has 2 aromatic carbocycles. The molecule has 2 amide bonds. The van der Waals surface area contributed by atoms with E-state index in [1.54, 1.807) is 0 Å². The number of nitrogens with one attached hydrogen (secondary N) is 1. The summed E-state index contributed by atoms with van der Waals surface area (Å²) in [7, 11) is 0. The number of amides is 2. The maximum Gasteiger partial charge on any atom is 0.322 e. The summed E-state index contributed by atoms with van der Waals surface area (Å²) in [5.41, 5.74) is 2.92. The van der Waals surface area contributed by atoms with Crippen molar-refractivity contribution in [3.05, 3.63) is 64.7 Å². The molecule has 0 spiro atoms. The molecule has 0 atom stereocenters. The van der Waals surface area contributed by atoms with E-state index in [1.807, 2.05) is 12.1 Å². The van der Waals surface area contributed by atoms with E-state index in [1.165, 1.54) is 16.5 Å². The van der Waals surface area contributed by atoms with Crippen LogP contribution in [0.5, 0.6) is 0 Å². The number of fused-ring (bicyclic) bond motifs is 1. The van der Waals surface area contributed by atoms with Gasteiger partial charge in [-0.1, -0.05) is 38.8 Å². The van der Waals surface area contributed by atoms with Crippen molar-refractivity contribution in [1.82, 2.24) is 4.90 Å². The van der Waals surface area contributed by atoms with Crippen molar-refractivity contribution >= 4 is 11.7 Å². The molecule has 1 aliphatic heterocycles. The number of carbonyl (C=O) groups is 1. The van der Waals surface area contributed by atoms with E-state index >= 15 is 0 Å². The van der Waals surface area contributed by atoms with Gasteiger partial charge in [-0.25, -0.2) is 13.6 Å². The highest BCUT2D eigenvalue weighted by Gasteiger charge is 2.26. The molecule has 1 heterocycles. The summed E-state index contributed by atoms with van der Waals surface area (Å²) < 4.78 is 27.2. The van der Waals surface area contributed by atoms with Gasteiger partial charge in [0.1, 0.15) is 11.6 Å². The third-order valence-corrected chi connectivity index (χ3v) is 5.16. The van der Waals surface area contributed by atoms with Crippen LogP contribution >= 0.6 is 0 Å². The topological polar surface area (TPSA) is 32.3 Å². The van der Waals surface area contributed by atoms with Crippen LogP contribution in [0, 0.1) is 11.6 Å². The molecule has 5 heteroatoms. The number of rotatable bonds is 6. The van der Waals surface area contributed by atoms with Crippen LogP contribution < -0.4 is 5.32 Å². The lowest BCUT2D eigenvalue weighted by Gasteiger charge is -2.18. The minimum atomic E-state index is -0.613. The maximum absolute atomic E-state index is 13.9. The standard InChI is InChI=1S/C22H26F2N2O/c1-3-5-15(6-4-2)16-7-9-19(10-8-16)25-22(27)26-13-17-11-18(23)12-21(24)20(17)14-26/h7-12,15H,3-6,13-14H2,1-2H3,(H,25,27). The Morgan fingerprint density at radius 1 is 1.07 bits per heavy atom. The Hall–Kier alpha value is -2.43. The molecular weight excluding hydrogens is 346 g/mol. The Balaban J connectivity index is 1.64. The highest BCUT2D eigenvalue weighted by atomic mass is 19.1. The zero-order chi connectivity index (χ0) is 19.4. The Morgan fingerprint density at radius 2 is 1.74 bits per heavy atom.